The Hall–Kier alpha value is -2.88. The van der Waals surface area contributed by atoms with Crippen molar-refractivity contribution in [3.8, 4) is 5.75 Å². The molecule has 0 bridgehead atoms. The van der Waals surface area contributed by atoms with E-state index in [9.17, 15) is 4.79 Å². The number of cyclic esters (lactones) is 1. The number of aliphatic imine (C=N–C) groups is 1. The summed E-state index contributed by atoms with van der Waals surface area (Å²) in [4.78, 5) is 16.1. The number of hydrogen-bond acceptors (Lipinski definition) is 4. The van der Waals surface area contributed by atoms with Crippen LogP contribution in [-0.2, 0) is 9.53 Å². The van der Waals surface area contributed by atoms with Gasteiger partial charge in [0.15, 0.2) is 5.70 Å². The van der Waals surface area contributed by atoms with Gasteiger partial charge in [0.25, 0.3) is 0 Å². The van der Waals surface area contributed by atoms with Gasteiger partial charge in [-0.05, 0) is 30.7 Å². The Balaban J connectivity index is 1.62. The molecule has 3 rings (SSSR count). The van der Waals surface area contributed by atoms with E-state index >= 15 is 0 Å². The first-order chi connectivity index (χ1) is 11.2. The first-order valence-corrected chi connectivity index (χ1v) is 7.47. The number of aryl methyl sites for hydroxylation is 1. The Bertz CT molecular complexity index is 763. The summed E-state index contributed by atoms with van der Waals surface area (Å²) in [5.74, 6) is 0.763. The summed E-state index contributed by atoms with van der Waals surface area (Å²) in [7, 11) is 0. The Morgan fingerprint density at radius 2 is 1.96 bits per heavy atom. The maximum absolute atomic E-state index is 11.9. The van der Waals surface area contributed by atoms with E-state index in [1.165, 1.54) is 0 Å². The Kier molecular flexibility index (Phi) is 4.52. The predicted octanol–water partition coefficient (Wildman–Crippen LogP) is 3.76. The van der Waals surface area contributed by atoms with E-state index in [0.29, 0.717) is 24.6 Å². The molecule has 0 N–H and O–H groups in total. The van der Waals surface area contributed by atoms with Gasteiger partial charge in [-0.3, -0.25) is 0 Å². The lowest BCUT2D eigenvalue weighted by atomic mass is 10.1. The van der Waals surface area contributed by atoms with E-state index in [1.807, 2.05) is 61.5 Å². The maximum atomic E-state index is 11.9. The van der Waals surface area contributed by atoms with Crippen molar-refractivity contribution >= 4 is 17.9 Å². The molecule has 4 nitrogen and oxygen atoms in total. The number of ether oxygens (including phenoxy) is 2. The molecule has 0 amide bonds. The van der Waals surface area contributed by atoms with Crippen LogP contribution >= 0.6 is 0 Å². The summed E-state index contributed by atoms with van der Waals surface area (Å²) in [5, 5.41) is 0. The number of para-hydroxylation sites is 1. The molecule has 0 aromatic heterocycles. The monoisotopic (exact) mass is 307 g/mol. The summed E-state index contributed by atoms with van der Waals surface area (Å²) in [6, 6.07) is 17.4. The first kappa shape index (κ1) is 15.0. The molecule has 0 atom stereocenters. The highest BCUT2D eigenvalue weighted by Gasteiger charge is 2.22. The van der Waals surface area contributed by atoms with Crippen LogP contribution < -0.4 is 4.74 Å². The average Bonchev–Trinajstić information content (AvgIpc) is 2.88. The molecule has 0 saturated heterocycles. The van der Waals surface area contributed by atoms with Gasteiger partial charge in [-0.25, -0.2) is 9.79 Å². The van der Waals surface area contributed by atoms with E-state index in [0.717, 1.165) is 16.9 Å². The molecule has 1 aliphatic heterocycles. The van der Waals surface area contributed by atoms with Crippen molar-refractivity contribution < 1.29 is 14.3 Å². The number of carbonyl (C=O) groups is 1. The van der Waals surface area contributed by atoms with Crippen molar-refractivity contribution in [1.29, 1.82) is 0 Å². The van der Waals surface area contributed by atoms with Crippen LogP contribution in [0.1, 0.15) is 17.5 Å². The van der Waals surface area contributed by atoms with Crippen molar-refractivity contribution in [2.75, 3.05) is 6.61 Å². The molecule has 1 aliphatic rings. The van der Waals surface area contributed by atoms with Crippen LogP contribution in [0, 0.1) is 6.92 Å². The van der Waals surface area contributed by atoms with Crippen LogP contribution in [0.25, 0.3) is 6.08 Å². The SMILES string of the molecule is Cc1cccc(/C=C2/N=C(CCOc3ccccc3)OC2=O)c1. The van der Waals surface area contributed by atoms with Crippen LogP contribution in [0.5, 0.6) is 5.75 Å². The molecule has 0 unspecified atom stereocenters. The van der Waals surface area contributed by atoms with Gasteiger partial charge < -0.3 is 9.47 Å². The molecule has 0 saturated carbocycles. The van der Waals surface area contributed by atoms with Gasteiger partial charge in [-0.15, -0.1) is 0 Å². The predicted molar refractivity (Wildman–Crippen MR) is 89.2 cm³/mol. The van der Waals surface area contributed by atoms with Crippen LogP contribution in [0.15, 0.2) is 65.3 Å². The van der Waals surface area contributed by atoms with E-state index in [1.54, 1.807) is 6.08 Å². The molecule has 116 valence electrons. The van der Waals surface area contributed by atoms with Crippen molar-refractivity contribution in [3.05, 3.63) is 71.4 Å². The summed E-state index contributed by atoms with van der Waals surface area (Å²) in [6.45, 7) is 2.42. The van der Waals surface area contributed by atoms with Gasteiger partial charge in [-0.1, -0.05) is 48.0 Å². The second-order valence-corrected chi connectivity index (χ2v) is 5.25. The summed E-state index contributed by atoms with van der Waals surface area (Å²) in [5.41, 5.74) is 2.39. The van der Waals surface area contributed by atoms with Gasteiger partial charge in [0, 0.05) is 0 Å². The molecular formula is C19H17NO3. The Morgan fingerprint density at radius 1 is 1.13 bits per heavy atom. The average molecular weight is 307 g/mol. The van der Waals surface area contributed by atoms with Crippen LogP contribution in [0.3, 0.4) is 0 Å². The van der Waals surface area contributed by atoms with Gasteiger partial charge >= 0.3 is 5.97 Å². The summed E-state index contributed by atoms with van der Waals surface area (Å²) < 4.78 is 10.8. The Morgan fingerprint density at radius 3 is 2.74 bits per heavy atom. The quantitative estimate of drug-likeness (QED) is 0.624. The van der Waals surface area contributed by atoms with Crippen LogP contribution in [-0.4, -0.2) is 18.5 Å². The zero-order chi connectivity index (χ0) is 16.1. The lowest BCUT2D eigenvalue weighted by Crippen LogP contribution is -2.08. The minimum Gasteiger partial charge on any atom is -0.493 e. The minimum absolute atomic E-state index is 0.324. The first-order valence-electron chi connectivity index (χ1n) is 7.47. The third-order valence-electron chi connectivity index (χ3n) is 3.34. The molecule has 0 aliphatic carbocycles. The largest absolute Gasteiger partial charge is 0.493 e. The molecule has 2 aromatic rings. The van der Waals surface area contributed by atoms with Gasteiger partial charge in [0.05, 0.1) is 13.0 Å². The molecular weight excluding hydrogens is 290 g/mol. The molecule has 0 radical (unpaired) electrons. The molecule has 4 heteroatoms. The number of rotatable bonds is 5. The zero-order valence-electron chi connectivity index (χ0n) is 12.9. The Labute approximate surface area is 135 Å². The fraction of sp³-hybridized carbons (Fsp3) is 0.158. The van der Waals surface area contributed by atoms with Crippen molar-refractivity contribution in [2.45, 2.75) is 13.3 Å². The minimum atomic E-state index is -0.416. The van der Waals surface area contributed by atoms with E-state index in [-0.39, 0.29) is 0 Å². The van der Waals surface area contributed by atoms with Crippen LogP contribution in [0.4, 0.5) is 0 Å². The van der Waals surface area contributed by atoms with Crippen molar-refractivity contribution in [1.82, 2.24) is 0 Å². The summed E-state index contributed by atoms with van der Waals surface area (Å²) in [6.07, 6.45) is 2.19. The zero-order valence-corrected chi connectivity index (χ0v) is 12.9. The maximum Gasteiger partial charge on any atom is 0.363 e. The van der Waals surface area contributed by atoms with Gasteiger partial charge in [0.1, 0.15) is 5.75 Å². The number of carbonyl (C=O) groups excluding carboxylic acids is 1. The highest BCUT2D eigenvalue weighted by atomic mass is 16.6. The molecule has 0 spiro atoms. The van der Waals surface area contributed by atoms with E-state index < -0.39 is 5.97 Å². The highest BCUT2D eigenvalue weighted by Crippen LogP contribution is 2.18. The lowest BCUT2D eigenvalue weighted by Gasteiger charge is -2.04. The topological polar surface area (TPSA) is 47.9 Å². The third kappa shape index (κ3) is 4.07. The molecule has 0 fully saturated rings. The van der Waals surface area contributed by atoms with E-state index in [4.69, 9.17) is 9.47 Å². The fourth-order valence-electron chi connectivity index (χ4n) is 2.25. The lowest BCUT2D eigenvalue weighted by molar-refractivity contribution is -0.130. The third-order valence-corrected chi connectivity index (χ3v) is 3.34. The number of nitrogens with zero attached hydrogens (tertiary/aromatic N) is 1. The number of hydrogen-bond donors (Lipinski definition) is 0. The summed E-state index contributed by atoms with van der Waals surface area (Å²) >= 11 is 0. The molecule has 1 heterocycles. The second kappa shape index (κ2) is 6.92. The second-order valence-electron chi connectivity index (χ2n) is 5.25. The van der Waals surface area contributed by atoms with Gasteiger partial charge in [-0.2, -0.15) is 0 Å². The van der Waals surface area contributed by atoms with Gasteiger partial charge in [0.2, 0.25) is 5.90 Å². The smallest absolute Gasteiger partial charge is 0.363 e. The van der Waals surface area contributed by atoms with Crippen molar-refractivity contribution in [2.24, 2.45) is 4.99 Å². The standard InChI is InChI=1S/C19H17NO3/c1-14-6-5-7-15(12-14)13-17-19(21)23-18(20-17)10-11-22-16-8-3-2-4-9-16/h2-9,12-13H,10-11H2,1H3/b17-13+. The van der Waals surface area contributed by atoms with E-state index in [2.05, 4.69) is 4.99 Å². The number of esters is 1. The molecule has 23 heavy (non-hydrogen) atoms. The fourth-order valence-corrected chi connectivity index (χ4v) is 2.25. The normalized spacial score (nSPS) is 15.4. The number of benzene rings is 2. The van der Waals surface area contributed by atoms with Crippen LogP contribution in [0.2, 0.25) is 0 Å². The van der Waals surface area contributed by atoms with Crippen molar-refractivity contribution in [3.63, 3.8) is 0 Å². The highest BCUT2D eigenvalue weighted by molar-refractivity contribution is 6.07. The molecule has 2 aromatic carbocycles.